The lowest BCUT2D eigenvalue weighted by molar-refractivity contribution is 0.0505. The van der Waals surface area contributed by atoms with Crippen molar-refractivity contribution >= 4 is 27.7 Å². The first-order valence-corrected chi connectivity index (χ1v) is 8.34. The van der Waals surface area contributed by atoms with Crippen molar-refractivity contribution in [3.63, 3.8) is 0 Å². The Morgan fingerprint density at radius 3 is 2.52 bits per heavy atom. The number of carbonyl (C=O) groups is 1. The molecule has 0 bridgehead atoms. The highest BCUT2D eigenvalue weighted by atomic mass is 79.9. The average Bonchev–Trinajstić information content (AvgIpc) is 2.80. The second kappa shape index (κ2) is 7.03. The predicted molar refractivity (Wildman–Crippen MR) is 88.5 cm³/mol. The Hall–Kier alpha value is -1.37. The van der Waals surface area contributed by atoms with Crippen LogP contribution in [0.4, 0.5) is 19.3 Å². The van der Waals surface area contributed by atoms with Gasteiger partial charge in [-0.25, -0.2) is 13.6 Å². The zero-order valence-corrected chi connectivity index (χ0v) is 15.0. The van der Waals surface area contributed by atoms with Gasteiger partial charge in [0.1, 0.15) is 17.2 Å². The number of amides is 1. The molecule has 1 fully saturated rings. The van der Waals surface area contributed by atoms with Gasteiger partial charge in [-0.15, -0.1) is 0 Å². The zero-order valence-electron chi connectivity index (χ0n) is 13.4. The van der Waals surface area contributed by atoms with Crippen LogP contribution in [-0.2, 0) is 4.74 Å². The number of anilines is 1. The van der Waals surface area contributed by atoms with Crippen molar-refractivity contribution < 1.29 is 18.3 Å². The molecule has 2 atom stereocenters. The lowest BCUT2D eigenvalue weighted by Gasteiger charge is -2.22. The van der Waals surface area contributed by atoms with E-state index in [0.29, 0.717) is 6.42 Å². The molecule has 1 saturated carbocycles. The smallest absolute Gasteiger partial charge is 0.407 e. The molecule has 2 unspecified atom stereocenters. The number of hydrogen-bond acceptors (Lipinski definition) is 3. The minimum atomic E-state index is -0.635. The van der Waals surface area contributed by atoms with E-state index in [1.165, 1.54) is 6.07 Å². The highest BCUT2D eigenvalue weighted by Gasteiger charge is 2.28. The highest BCUT2D eigenvalue weighted by Crippen LogP contribution is 2.28. The van der Waals surface area contributed by atoms with Gasteiger partial charge in [0.2, 0.25) is 0 Å². The molecule has 0 radical (unpaired) electrons. The zero-order chi connectivity index (χ0) is 17.2. The summed E-state index contributed by atoms with van der Waals surface area (Å²) in [5.74, 6) is -1.27. The van der Waals surface area contributed by atoms with E-state index in [1.807, 2.05) is 0 Å². The first-order chi connectivity index (χ1) is 10.6. The quantitative estimate of drug-likeness (QED) is 0.742. The van der Waals surface area contributed by atoms with Gasteiger partial charge in [-0.1, -0.05) is 0 Å². The fourth-order valence-corrected chi connectivity index (χ4v) is 2.91. The normalized spacial score (nSPS) is 21.1. The summed E-state index contributed by atoms with van der Waals surface area (Å²) in [6.45, 7) is 5.42. The predicted octanol–water partition coefficient (Wildman–Crippen LogP) is 4.59. The third-order valence-corrected chi connectivity index (χ3v) is 4.13. The van der Waals surface area contributed by atoms with E-state index >= 15 is 0 Å². The number of alkyl carbamates (subject to hydrolysis) is 1. The third kappa shape index (κ3) is 5.34. The molecule has 0 aliphatic heterocycles. The molecule has 128 valence electrons. The standard InChI is InChI=1S/C16H21BrF2N2O2/c1-16(2,3)23-15(22)21-10-5-4-9(6-10)20-14-7-11(17)12(18)8-13(14)19/h7-10,20H,4-6H2,1-3H3,(H,21,22). The van der Waals surface area contributed by atoms with E-state index in [9.17, 15) is 13.6 Å². The minimum absolute atomic E-state index is 0.0156. The third-order valence-electron chi connectivity index (χ3n) is 3.52. The molecule has 1 aliphatic carbocycles. The average molecular weight is 391 g/mol. The Morgan fingerprint density at radius 1 is 1.22 bits per heavy atom. The Kier molecular flexibility index (Phi) is 5.49. The summed E-state index contributed by atoms with van der Waals surface area (Å²) in [5.41, 5.74) is -0.287. The lowest BCUT2D eigenvalue weighted by Crippen LogP contribution is -2.38. The summed E-state index contributed by atoms with van der Waals surface area (Å²) in [7, 11) is 0. The van der Waals surface area contributed by atoms with Crippen LogP contribution in [0.15, 0.2) is 16.6 Å². The van der Waals surface area contributed by atoms with Crippen LogP contribution >= 0.6 is 15.9 Å². The molecule has 23 heavy (non-hydrogen) atoms. The minimum Gasteiger partial charge on any atom is -0.444 e. The second-order valence-electron chi connectivity index (χ2n) is 6.74. The monoisotopic (exact) mass is 390 g/mol. The molecule has 4 nitrogen and oxygen atoms in total. The number of carbonyl (C=O) groups excluding carboxylic acids is 1. The van der Waals surface area contributed by atoms with Gasteiger partial charge in [-0.2, -0.15) is 0 Å². The second-order valence-corrected chi connectivity index (χ2v) is 7.60. The van der Waals surface area contributed by atoms with Crippen LogP contribution in [0.1, 0.15) is 40.0 Å². The van der Waals surface area contributed by atoms with Gasteiger partial charge in [-0.3, -0.25) is 0 Å². The molecule has 2 N–H and O–H groups in total. The van der Waals surface area contributed by atoms with E-state index in [0.717, 1.165) is 18.9 Å². The molecule has 1 aliphatic rings. The van der Waals surface area contributed by atoms with Gasteiger partial charge in [0.05, 0.1) is 10.2 Å². The Labute approximate surface area is 143 Å². The van der Waals surface area contributed by atoms with Crippen molar-refractivity contribution in [1.82, 2.24) is 5.32 Å². The van der Waals surface area contributed by atoms with Crippen LogP contribution < -0.4 is 10.6 Å². The molecular formula is C16H21BrF2N2O2. The van der Waals surface area contributed by atoms with Crippen LogP contribution in [0.2, 0.25) is 0 Å². The fourth-order valence-electron chi connectivity index (χ4n) is 2.57. The topological polar surface area (TPSA) is 50.4 Å². The summed E-state index contributed by atoms with van der Waals surface area (Å²) in [4.78, 5) is 11.8. The van der Waals surface area contributed by atoms with Crippen molar-refractivity contribution in [3.05, 3.63) is 28.2 Å². The van der Waals surface area contributed by atoms with Crippen molar-refractivity contribution in [1.29, 1.82) is 0 Å². The maximum Gasteiger partial charge on any atom is 0.407 e. The van der Waals surface area contributed by atoms with E-state index < -0.39 is 23.3 Å². The number of rotatable bonds is 3. The van der Waals surface area contributed by atoms with Crippen LogP contribution in [0.25, 0.3) is 0 Å². The van der Waals surface area contributed by atoms with Gasteiger partial charge in [0.25, 0.3) is 0 Å². The molecule has 1 aromatic carbocycles. The molecule has 0 aromatic heterocycles. The fraction of sp³-hybridized carbons (Fsp3) is 0.562. The van der Waals surface area contributed by atoms with E-state index in [4.69, 9.17) is 4.74 Å². The molecular weight excluding hydrogens is 370 g/mol. The first-order valence-electron chi connectivity index (χ1n) is 7.54. The lowest BCUT2D eigenvalue weighted by atomic mass is 10.2. The SMILES string of the molecule is CC(C)(C)OC(=O)NC1CCC(Nc2cc(Br)c(F)cc2F)C1. The molecule has 0 saturated heterocycles. The van der Waals surface area contributed by atoms with Gasteiger partial charge in [-0.05, 0) is 62.0 Å². The number of nitrogens with one attached hydrogen (secondary N) is 2. The van der Waals surface area contributed by atoms with Gasteiger partial charge in [0, 0.05) is 18.2 Å². The molecule has 7 heteroatoms. The summed E-state index contributed by atoms with van der Waals surface area (Å²) >= 11 is 3.05. The van der Waals surface area contributed by atoms with Gasteiger partial charge < -0.3 is 15.4 Å². The van der Waals surface area contributed by atoms with Crippen LogP contribution in [-0.4, -0.2) is 23.8 Å². The molecule has 2 rings (SSSR count). The van der Waals surface area contributed by atoms with Crippen molar-refractivity contribution in [2.75, 3.05) is 5.32 Å². The van der Waals surface area contributed by atoms with Crippen molar-refractivity contribution in [2.24, 2.45) is 0 Å². The molecule has 1 aromatic rings. The maximum absolute atomic E-state index is 13.8. The number of hydrogen-bond donors (Lipinski definition) is 2. The first kappa shape index (κ1) is 18.0. The number of halogens is 3. The summed E-state index contributed by atoms with van der Waals surface area (Å²) in [6, 6.07) is 2.23. The Bertz CT molecular complexity index is 590. The maximum atomic E-state index is 13.8. The van der Waals surface area contributed by atoms with E-state index in [2.05, 4.69) is 26.6 Å². The van der Waals surface area contributed by atoms with Crippen LogP contribution in [0.5, 0.6) is 0 Å². The Balaban J connectivity index is 1.89. The highest BCUT2D eigenvalue weighted by molar-refractivity contribution is 9.10. The van der Waals surface area contributed by atoms with Gasteiger partial charge in [0.15, 0.2) is 0 Å². The molecule has 0 heterocycles. The van der Waals surface area contributed by atoms with Gasteiger partial charge >= 0.3 is 6.09 Å². The van der Waals surface area contributed by atoms with Crippen molar-refractivity contribution in [2.45, 2.75) is 57.7 Å². The van der Waals surface area contributed by atoms with Crippen molar-refractivity contribution in [3.8, 4) is 0 Å². The molecule has 1 amide bonds. The van der Waals surface area contributed by atoms with E-state index in [1.54, 1.807) is 20.8 Å². The Morgan fingerprint density at radius 2 is 1.87 bits per heavy atom. The van der Waals surface area contributed by atoms with Crippen LogP contribution in [0, 0.1) is 11.6 Å². The largest absolute Gasteiger partial charge is 0.444 e. The number of ether oxygens (including phenoxy) is 1. The summed E-state index contributed by atoms with van der Waals surface area (Å²) < 4.78 is 32.4. The number of benzene rings is 1. The van der Waals surface area contributed by atoms with E-state index in [-0.39, 0.29) is 22.2 Å². The van der Waals surface area contributed by atoms with Crippen LogP contribution in [0.3, 0.4) is 0 Å². The summed E-state index contributed by atoms with van der Waals surface area (Å²) in [6.07, 6.45) is 1.78. The summed E-state index contributed by atoms with van der Waals surface area (Å²) in [5, 5.41) is 5.89. The molecule has 0 spiro atoms.